The van der Waals surface area contributed by atoms with E-state index in [0.717, 1.165) is 5.92 Å². The molecule has 3 rings (SSSR count). The second-order valence-corrected chi connectivity index (χ2v) is 5.47. The monoisotopic (exact) mass is 228 g/mol. The summed E-state index contributed by atoms with van der Waals surface area (Å²) < 4.78 is 2.50. The van der Waals surface area contributed by atoms with Gasteiger partial charge < -0.3 is 9.47 Å². The van der Waals surface area contributed by atoms with Crippen LogP contribution < -0.4 is 0 Å². The zero-order valence-electron chi connectivity index (χ0n) is 10.7. The van der Waals surface area contributed by atoms with Gasteiger partial charge in [-0.3, -0.25) is 0 Å². The summed E-state index contributed by atoms with van der Waals surface area (Å²) in [6.07, 6.45) is 2.54. The van der Waals surface area contributed by atoms with E-state index in [-0.39, 0.29) is 0 Å². The van der Waals surface area contributed by atoms with E-state index in [1.807, 2.05) is 0 Å². The Morgan fingerprint density at radius 3 is 2.94 bits per heavy atom. The summed E-state index contributed by atoms with van der Waals surface area (Å²) in [6.45, 7) is 2.39. The summed E-state index contributed by atoms with van der Waals surface area (Å²) in [5.74, 6) is 0.821. The molecule has 2 heteroatoms. The molecule has 2 aromatic rings. The normalized spacial score (nSPS) is 19.8. The van der Waals surface area contributed by atoms with Crippen LogP contribution in [0.3, 0.4) is 0 Å². The molecule has 17 heavy (non-hydrogen) atoms. The number of rotatable bonds is 2. The zero-order chi connectivity index (χ0) is 11.8. The Morgan fingerprint density at radius 1 is 1.29 bits per heavy atom. The van der Waals surface area contributed by atoms with Gasteiger partial charge in [0.05, 0.1) is 0 Å². The average molecular weight is 228 g/mol. The van der Waals surface area contributed by atoms with E-state index in [1.165, 1.54) is 42.5 Å². The van der Waals surface area contributed by atoms with Gasteiger partial charge in [-0.15, -0.1) is 0 Å². The van der Waals surface area contributed by atoms with Crippen LogP contribution >= 0.6 is 0 Å². The number of fused-ring (bicyclic) bond motifs is 3. The smallest absolute Gasteiger partial charge is 0.0482 e. The summed E-state index contributed by atoms with van der Waals surface area (Å²) in [4.78, 5) is 2.31. The Hall–Kier alpha value is -1.28. The largest absolute Gasteiger partial charge is 0.345 e. The van der Waals surface area contributed by atoms with Crippen LogP contribution in [0.2, 0.25) is 0 Å². The SMILES string of the molecule is CN(C)C[C@H]1CCn2c(cc3ccccc32)C1. The van der Waals surface area contributed by atoms with Gasteiger partial charge in [0.15, 0.2) is 0 Å². The molecule has 0 saturated carbocycles. The van der Waals surface area contributed by atoms with Gasteiger partial charge in [-0.05, 0) is 50.4 Å². The van der Waals surface area contributed by atoms with Crippen molar-refractivity contribution in [2.75, 3.05) is 20.6 Å². The quantitative estimate of drug-likeness (QED) is 0.767. The Bertz CT molecular complexity index is 525. The lowest BCUT2D eigenvalue weighted by Crippen LogP contribution is -2.28. The third-order valence-corrected chi connectivity index (χ3v) is 3.78. The van der Waals surface area contributed by atoms with Crippen LogP contribution in [0.25, 0.3) is 10.9 Å². The lowest BCUT2D eigenvalue weighted by molar-refractivity contribution is 0.282. The summed E-state index contributed by atoms with van der Waals surface area (Å²) in [5.41, 5.74) is 2.93. The number of aromatic nitrogens is 1. The van der Waals surface area contributed by atoms with E-state index in [4.69, 9.17) is 0 Å². The van der Waals surface area contributed by atoms with Crippen molar-refractivity contribution in [1.29, 1.82) is 0 Å². The standard InChI is InChI=1S/C15H20N2/c1-16(2)11-12-7-8-17-14(9-12)10-13-5-3-4-6-15(13)17/h3-6,10,12H,7-9,11H2,1-2H3/t12-/m0/s1. The summed E-state index contributed by atoms with van der Waals surface area (Å²) in [7, 11) is 4.34. The minimum Gasteiger partial charge on any atom is -0.345 e. The number of para-hydroxylation sites is 1. The van der Waals surface area contributed by atoms with Gasteiger partial charge in [-0.1, -0.05) is 18.2 Å². The highest BCUT2D eigenvalue weighted by Crippen LogP contribution is 2.28. The van der Waals surface area contributed by atoms with Crippen LogP contribution in [-0.2, 0) is 13.0 Å². The topological polar surface area (TPSA) is 8.17 Å². The first-order valence-corrected chi connectivity index (χ1v) is 6.46. The van der Waals surface area contributed by atoms with E-state index in [1.54, 1.807) is 0 Å². The fourth-order valence-corrected chi connectivity index (χ4v) is 3.08. The Labute approximate surface area is 103 Å². The maximum Gasteiger partial charge on any atom is 0.0482 e. The number of hydrogen-bond donors (Lipinski definition) is 0. The molecule has 0 aliphatic carbocycles. The molecule has 2 nitrogen and oxygen atoms in total. The predicted molar refractivity (Wildman–Crippen MR) is 72.3 cm³/mol. The molecule has 0 amide bonds. The van der Waals surface area contributed by atoms with Crippen molar-refractivity contribution < 1.29 is 0 Å². The zero-order valence-corrected chi connectivity index (χ0v) is 10.7. The molecule has 1 aromatic heterocycles. The van der Waals surface area contributed by atoms with Gasteiger partial charge in [-0.25, -0.2) is 0 Å². The van der Waals surface area contributed by atoms with Crippen molar-refractivity contribution in [3.05, 3.63) is 36.0 Å². The Morgan fingerprint density at radius 2 is 2.12 bits per heavy atom. The Balaban J connectivity index is 1.92. The van der Waals surface area contributed by atoms with E-state index in [0.29, 0.717) is 0 Å². The van der Waals surface area contributed by atoms with Gasteiger partial charge in [-0.2, -0.15) is 0 Å². The minimum absolute atomic E-state index is 0.821. The first kappa shape index (κ1) is 10.8. The molecular weight excluding hydrogens is 208 g/mol. The fourth-order valence-electron chi connectivity index (χ4n) is 3.08. The average Bonchev–Trinajstić information content (AvgIpc) is 2.65. The maximum atomic E-state index is 2.50. The third-order valence-electron chi connectivity index (χ3n) is 3.78. The number of nitrogens with zero attached hydrogens (tertiary/aromatic N) is 2. The van der Waals surface area contributed by atoms with Crippen LogP contribution in [0, 0.1) is 5.92 Å². The highest BCUT2D eigenvalue weighted by Gasteiger charge is 2.20. The van der Waals surface area contributed by atoms with Gasteiger partial charge in [0, 0.05) is 24.3 Å². The molecule has 0 unspecified atom stereocenters. The van der Waals surface area contributed by atoms with Crippen molar-refractivity contribution in [3.63, 3.8) is 0 Å². The second-order valence-electron chi connectivity index (χ2n) is 5.47. The first-order chi connectivity index (χ1) is 8.24. The summed E-state index contributed by atoms with van der Waals surface area (Å²) in [6, 6.07) is 11.1. The molecule has 0 N–H and O–H groups in total. The lowest BCUT2D eigenvalue weighted by Gasteiger charge is -2.27. The number of benzene rings is 1. The first-order valence-electron chi connectivity index (χ1n) is 6.46. The van der Waals surface area contributed by atoms with Crippen LogP contribution in [0.15, 0.2) is 30.3 Å². The van der Waals surface area contributed by atoms with Crippen molar-refractivity contribution >= 4 is 10.9 Å². The molecule has 2 heterocycles. The molecule has 0 spiro atoms. The summed E-state index contributed by atoms with van der Waals surface area (Å²) in [5, 5.41) is 1.40. The molecule has 0 fully saturated rings. The summed E-state index contributed by atoms with van der Waals surface area (Å²) >= 11 is 0. The van der Waals surface area contributed by atoms with Gasteiger partial charge in [0.1, 0.15) is 0 Å². The van der Waals surface area contributed by atoms with Gasteiger partial charge >= 0.3 is 0 Å². The van der Waals surface area contributed by atoms with Crippen LogP contribution in [0.4, 0.5) is 0 Å². The highest BCUT2D eigenvalue weighted by atomic mass is 15.1. The molecule has 1 aliphatic heterocycles. The molecule has 1 aromatic carbocycles. The van der Waals surface area contributed by atoms with Gasteiger partial charge in [0.2, 0.25) is 0 Å². The van der Waals surface area contributed by atoms with Crippen molar-refractivity contribution in [2.45, 2.75) is 19.4 Å². The molecular formula is C15H20N2. The molecule has 1 aliphatic rings. The van der Waals surface area contributed by atoms with Crippen molar-refractivity contribution in [3.8, 4) is 0 Å². The third kappa shape index (κ3) is 1.98. The van der Waals surface area contributed by atoms with Crippen molar-refractivity contribution in [1.82, 2.24) is 9.47 Å². The van der Waals surface area contributed by atoms with Crippen LogP contribution in [-0.4, -0.2) is 30.1 Å². The number of hydrogen-bond acceptors (Lipinski definition) is 1. The van der Waals surface area contributed by atoms with Gasteiger partial charge in [0.25, 0.3) is 0 Å². The maximum absolute atomic E-state index is 2.50. The Kier molecular flexibility index (Phi) is 2.67. The molecule has 0 radical (unpaired) electrons. The molecule has 90 valence electrons. The second kappa shape index (κ2) is 4.19. The van der Waals surface area contributed by atoms with E-state index >= 15 is 0 Å². The highest BCUT2D eigenvalue weighted by molar-refractivity contribution is 5.81. The van der Waals surface area contributed by atoms with Crippen molar-refractivity contribution in [2.24, 2.45) is 5.92 Å². The fraction of sp³-hybridized carbons (Fsp3) is 0.467. The van der Waals surface area contributed by atoms with E-state index in [2.05, 4.69) is 53.9 Å². The van der Waals surface area contributed by atoms with Crippen LogP contribution in [0.5, 0.6) is 0 Å². The lowest BCUT2D eigenvalue weighted by atomic mass is 9.96. The predicted octanol–water partition coefficient (Wildman–Crippen LogP) is 2.77. The van der Waals surface area contributed by atoms with E-state index in [9.17, 15) is 0 Å². The minimum atomic E-state index is 0.821. The van der Waals surface area contributed by atoms with E-state index < -0.39 is 0 Å². The molecule has 0 bridgehead atoms. The number of aryl methyl sites for hydroxylation is 1. The molecule has 1 atom stereocenters. The van der Waals surface area contributed by atoms with Crippen LogP contribution in [0.1, 0.15) is 12.1 Å². The molecule has 0 saturated heterocycles.